The van der Waals surface area contributed by atoms with Crippen LogP contribution < -0.4 is 4.90 Å². The van der Waals surface area contributed by atoms with Crippen LogP contribution in [0.3, 0.4) is 0 Å². The first-order valence-electron chi connectivity index (χ1n) is 6.76. The third-order valence-corrected chi connectivity index (χ3v) is 4.50. The van der Waals surface area contributed by atoms with Crippen molar-refractivity contribution in [3.05, 3.63) is 28.2 Å². The summed E-state index contributed by atoms with van der Waals surface area (Å²) in [6.45, 7) is 12.2. The third-order valence-electron chi connectivity index (χ3n) is 3.76. The van der Waals surface area contributed by atoms with E-state index in [9.17, 15) is 0 Å². The Morgan fingerprint density at radius 2 is 1.79 bits per heavy atom. The molecule has 0 amide bonds. The van der Waals surface area contributed by atoms with Crippen LogP contribution in [0.15, 0.2) is 18.2 Å². The Labute approximate surface area is 126 Å². The second-order valence-corrected chi connectivity index (χ2v) is 7.07. The molecule has 1 atom stereocenters. The van der Waals surface area contributed by atoms with Gasteiger partial charge in [0.1, 0.15) is 0 Å². The average Bonchev–Trinajstić information content (AvgIpc) is 2.31. The zero-order chi connectivity index (χ0) is 14.2. The summed E-state index contributed by atoms with van der Waals surface area (Å²) in [5, 5.41) is 1.25. The molecule has 19 heavy (non-hydrogen) atoms. The molecule has 1 aromatic carbocycles. The molecule has 0 aromatic heterocycles. The second kappa shape index (κ2) is 5.51. The fourth-order valence-electron chi connectivity index (χ4n) is 2.87. The lowest BCUT2D eigenvalue weighted by Gasteiger charge is -2.47. The minimum atomic E-state index is 0.225. The molecule has 1 fully saturated rings. The summed E-state index contributed by atoms with van der Waals surface area (Å²) in [5.74, 6) is 0. The number of rotatable bonds is 1. The Morgan fingerprint density at radius 3 is 2.32 bits per heavy atom. The maximum absolute atomic E-state index is 6.10. The Bertz CT molecular complexity index is 454. The fourth-order valence-corrected chi connectivity index (χ4v) is 3.16. The summed E-state index contributed by atoms with van der Waals surface area (Å²) in [5.41, 5.74) is 1.39. The van der Waals surface area contributed by atoms with Gasteiger partial charge in [0.15, 0.2) is 0 Å². The number of nitrogens with zero attached hydrogens (tertiary/aromatic N) is 2. The predicted octanol–water partition coefficient (Wildman–Crippen LogP) is 4.30. The van der Waals surface area contributed by atoms with Crippen LogP contribution in [0.5, 0.6) is 0 Å². The Kier molecular flexibility index (Phi) is 4.34. The number of halogens is 2. The van der Waals surface area contributed by atoms with E-state index in [4.69, 9.17) is 23.2 Å². The molecule has 2 rings (SSSR count). The van der Waals surface area contributed by atoms with Gasteiger partial charge in [0, 0.05) is 36.9 Å². The van der Waals surface area contributed by atoms with Gasteiger partial charge in [-0.1, -0.05) is 23.2 Å². The fraction of sp³-hybridized carbons (Fsp3) is 0.600. The molecule has 0 bridgehead atoms. The first-order chi connectivity index (χ1) is 8.79. The number of benzene rings is 1. The van der Waals surface area contributed by atoms with Gasteiger partial charge in [0.25, 0.3) is 0 Å². The summed E-state index contributed by atoms with van der Waals surface area (Å²) < 4.78 is 0. The van der Waals surface area contributed by atoms with Gasteiger partial charge >= 0.3 is 0 Å². The van der Waals surface area contributed by atoms with E-state index in [0.717, 1.165) is 25.3 Å². The molecule has 0 aliphatic carbocycles. The summed E-state index contributed by atoms with van der Waals surface area (Å²) in [4.78, 5) is 4.94. The van der Waals surface area contributed by atoms with Crippen molar-refractivity contribution >= 4 is 28.9 Å². The maximum Gasteiger partial charge on any atom is 0.0612 e. The van der Waals surface area contributed by atoms with Crippen LogP contribution in [-0.2, 0) is 0 Å². The quantitative estimate of drug-likeness (QED) is 0.763. The molecule has 1 saturated heterocycles. The average molecular weight is 301 g/mol. The highest BCUT2D eigenvalue weighted by Gasteiger charge is 2.31. The van der Waals surface area contributed by atoms with E-state index in [1.165, 1.54) is 0 Å². The van der Waals surface area contributed by atoms with Crippen molar-refractivity contribution in [3.63, 3.8) is 0 Å². The number of hydrogen-bond donors (Lipinski definition) is 0. The Hall–Kier alpha value is -0.440. The molecule has 0 spiro atoms. The first-order valence-corrected chi connectivity index (χ1v) is 7.51. The van der Waals surface area contributed by atoms with Crippen molar-refractivity contribution in [2.45, 2.75) is 39.3 Å². The lowest BCUT2D eigenvalue weighted by atomic mass is 10.0. The third kappa shape index (κ3) is 3.36. The summed E-state index contributed by atoms with van der Waals surface area (Å²) >= 11 is 12.1. The summed E-state index contributed by atoms with van der Waals surface area (Å²) in [6, 6.07) is 6.42. The topological polar surface area (TPSA) is 6.48 Å². The molecule has 1 aliphatic rings. The van der Waals surface area contributed by atoms with Crippen LogP contribution >= 0.6 is 23.2 Å². The SMILES string of the molecule is CC1CN(c2ccc(Cl)c(Cl)c2)CCN1C(C)(C)C. The van der Waals surface area contributed by atoms with E-state index in [1.807, 2.05) is 18.2 Å². The van der Waals surface area contributed by atoms with Gasteiger partial charge < -0.3 is 4.90 Å². The lowest BCUT2D eigenvalue weighted by molar-refractivity contribution is 0.0799. The van der Waals surface area contributed by atoms with E-state index in [0.29, 0.717) is 16.1 Å². The first kappa shape index (κ1) is 15.0. The highest BCUT2D eigenvalue weighted by molar-refractivity contribution is 6.42. The maximum atomic E-state index is 6.10. The van der Waals surface area contributed by atoms with Crippen LogP contribution in [0.4, 0.5) is 5.69 Å². The second-order valence-electron chi connectivity index (χ2n) is 6.26. The van der Waals surface area contributed by atoms with Crippen LogP contribution in [0, 0.1) is 0 Å². The lowest BCUT2D eigenvalue weighted by Crippen LogP contribution is -2.58. The van der Waals surface area contributed by atoms with Crippen LogP contribution in [-0.4, -0.2) is 36.1 Å². The molecule has 0 radical (unpaired) electrons. The van der Waals surface area contributed by atoms with Crippen LogP contribution in [0.25, 0.3) is 0 Å². The van der Waals surface area contributed by atoms with Crippen molar-refractivity contribution in [3.8, 4) is 0 Å². The van der Waals surface area contributed by atoms with Crippen molar-refractivity contribution in [1.82, 2.24) is 4.90 Å². The van der Waals surface area contributed by atoms with Gasteiger partial charge in [0.2, 0.25) is 0 Å². The van der Waals surface area contributed by atoms with E-state index >= 15 is 0 Å². The number of piperazine rings is 1. The molecule has 0 saturated carbocycles. The van der Waals surface area contributed by atoms with E-state index in [-0.39, 0.29) is 5.54 Å². The van der Waals surface area contributed by atoms with Crippen molar-refractivity contribution < 1.29 is 0 Å². The van der Waals surface area contributed by atoms with E-state index in [1.54, 1.807) is 0 Å². The largest absolute Gasteiger partial charge is 0.369 e. The molecule has 1 unspecified atom stereocenters. The predicted molar refractivity (Wildman–Crippen MR) is 84.6 cm³/mol. The molecule has 2 nitrogen and oxygen atoms in total. The highest BCUT2D eigenvalue weighted by atomic mass is 35.5. The summed E-state index contributed by atoms with van der Waals surface area (Å²) in [6.07, 6.45) is 0. The molecule has 1 aromatic rings. The number of hydrogen-bond acceptors (Lipinski definition) is 2. The van der Waals surface area contributed by atoms with Crippen molar-refractivity contribution in [2.75, 3.05) is 24.5 Å². The highest BCUT2D eigenvalue weighted by Crippen LogP contribution is 2.29. The molecular weight excluding hydrogens is 279 g/mol. The minimum absolute atomic E-state index is 0.225. The molecular formula is C15H22Cl2N2. The zero-order valence-electron chi connectivity index (χ0n) is 12.1. The Morgan fingerprint density at radius 1 is 1.11 bits per heavy atom. The van der Waals surface area contributed by atoms with Crippen molar-refractivity contribution in [2.24, 2.45) is 0 Å². The monoisotopic (exact) mass is 300 g/mol. The molecule has 1 heterocycles. The van der Waals surface area contributed by atoms with Gasteiger partial charge in [-0.15, -0.1) is 0 Å². The molecule has 1 aliphatic heterocycles. The van der Waals surface area contributed by atoms with Crippen LogP contribution in [0.2, 0.25) is 10.0 Å². The molecule has 106 valence electrons. The summed E-state index contributed by atoms with van der Waals surface area (Å²) in [7, 11) is 0. The Balaban J connectivity index is 2.11. The molecule has 4 heteroatoms. The van der Waals surface area contributed by atoms with Crippen molar-refractivity contribution in [1.29, 1.82) is 0 Å². The van der Waals surface area contributed by atoms with Crippen LogP contribution in [0.1, 0.15) is 27.7 Å². The van der Waals surface area contributed by atoms with Gasteiger partial charge in [0.05, 0.1) is 10.0 Å². The normalized spacial score (nSPS) is 21.8. The zero-order valence-corrected chi connectivity index (χ0v) is 13.6. The minimum Gasteiger partial charge on any atom is -0.369 e. The number of anilines is 1. The van der Waals surface area contributed by atoms with E-state index in [2.05, 4.69) is 37.5 Å². The standard InChI is InChI=1S/C15H22Cl2N2/c1-11-10-18(7-8-19(11)15(2,3)4)12-5-6-13(16)14(17)9-12/h5-6,9,11H,7-8,10H2,1-4H3. The van der Waals surface area contributed by atoms with E-state index < -0.39 is 0 Å². The van der Waals surface area contributed by atoms with Gasteiger partial charge in [-0.05, 0) is 45.9 Å². The van der Waals surface area contributed by atoms with Gasteiger partial charge in [-0.3, -0.25) is 4.90 Å². The van der Waals surface area contributed by atoms with Gasteiger partial charge in [-0.25, -0.2) is 0 Å². The molecule has 0 N–H and O–H groups in total. The smallest absolute Gasteiger partial charge is 0.0612 e. The van der Waals surface area contributed by atoms with Gasteiger partial charge in [-0.2, -0.15) is 0 Å².